The Morgan fingerprint density at radius 2 is 1.89 bits per heavy atom. The number of benzene rings is 1. The predicted octanol–water partition coefficient (Wildman–Crippen LogP) is 2.65. The fraction of sp³-hybridized carbons (Fsp3) is 0.500. The number of anilines is 1. The Balaban J connectivity index is 2.25. The molecule has 2 unspecified atom stereocenters. The van der Waals surface area contributed by atoms with Crippen molar-refractivity contribution in [1.82, 2.24) is 5.01 Å². The lowest BCUT2D eigenvalue weighted by Crippen LogP contribution is -2.56. The first-order valence-electron chi connectivity index (χ1n) is 6.39. The van der Waals surface area contributed by atoms with Crippen LogP contribution in [-0.4, -0.2) is 27.5 Å². The van der Waals surface area contributed by atoms with Crippen LogP contribution in [0.2, 0.25) is 0 Å². The largest absolute Gasteiger partial charge is 0.437 e. The monoisotopic (exact) mass is 264 g/mol. The van der Waals surface area contributed by atoms with Gasteiger partial charge in [0.05, 0.1) is 5.69 Å². The van der Waals surface area contributed by atoms with E-state index in [9.17, 15) is 9.90 Å². The number of aryl methyl sites for hydroxylation is 1. The SMILES string of the molecule is CCC1(C)OC(=O)N(Nc2ccc(C)cc2)C1(C)O. The molecule has 0 spiro atoms. The molecule has 1 amide bonds. The normalized spacial score (nSPS) is 30.4. The van der Waals surface area contributed by atoms with Crippen molar-refractivity contribution in [2.45, 2.75) is 45.4 Å². The lowest BCUT2D eigenvalue weighted by molar-refractivity contribution is -0.131. The van der Waals surface area contributed by atoms with Gasteiger partial charge in [0.2, 0.25) is 0 Å². The van der Waals surface area contributed by atoms with Crippen LogP contribution in [0.25, 0.3) is 0 Å². The molecule has 0 saturated carbocycles. The Hall–Kier alpha value is -1.75. The molecule has 5 nitrogen and oxygen atoms in total. The molecular weight excluding hydrogens is 244 g/mol. The summed E-state index contributed by atoms with van der Waals surface area (Å²) in [6.45, 7) is 7.15. The predicted molar refractivity (Wildman–Crippen MR) is 72.4 cm³/mol. The van der Waals surface area contributed by atoms with Crippen molar-refractivity contribution in [2.24, 2.45) is 0 Å². The van der Waals surface area contributed by atoms with E-state index in [1.807, 2.05) is 38.1 Å². The topological polar surface area (TPSA) is 61.8 Å². The molecule has 0 bridgehead atoms. The molecule has 2 N–H and O–H groups in total. The quantitative estimate of drug-likeness (QED) is 0.881. The molecule has 19 heavy (non-hydrogen) atoms. The molecule has 1 saturated heterocycles. The van der Waals surface area contributed by atoms with Crippen LogP contribution in [0.4, 0.5) is 10.5 Å². The lowest BCUT2D eigenvalue weighted by atomic mass is 9.91. The molecule has 5 heteroatoms. The summed E-state index contributed by atoms with van der Waals surface area (Å²) in [5.41, 5.74) is 2.41. The molecule has 1 aromatic rings. The highest BCUT2D eigenvalue weighted by molar-refractivity contribution is 5.74. The Morgan fingerprint density at radius 3 is 2.37 bits per heavy atom. The molecule has 104 valence electrons. The van der Waals surface area contributed by atoms with E-state index in [0.29, 0.717) is 6.42 Å². The zero-order valence-corrected chi connectivity index (χ0v) is 11.7. The lowest BCUT2D eigenvalue weighted by Gasteiger charge is -2.36. The van der Waals surface area contributed by atoms with Crippen molar-refractivity contribution in [2.75, 3.05) is 5.43 Å². The van der Waals surface area contributed by atoms with Gasteiger partial charge in [-0.15, -0.1) is 0 Å². The molecule has 1 aliphatic heterocycles. The van der Waals surface area contributed by atoms with Crippen molar-refractivity contribution in [1.29, 1.82) is 0 Å². The molecule has 2 atom stereocenters. The molecule has 0 aliphatic carbocycles. The second-order valence-electron chi connectivity index (χ2n) is 5.29. The van der Waals surface area contributed by atoms with Crippen LogP contribution in [0.3, 0.4) is 0 Å². The average molecular weight is 264 g/mol. The average Bonchev–Trinajstić information content (AvgIpc) is 2.52. The van der Waals surface area contributed by atoms with Crippen molar-refractivity contribution >= 4 is 11.8 Å². The van der Waals surface area contributed by atoms with Gasteiger partial charge in [0, 0.05) is 0 Å². The number of hydrogen-bond donors (Lipinski definition) is 2. The number of nitrogens with zero attached hydrogens (tertiary/aromatic N) is 1. The minimum atomic E-state index is -1.41. The number of hydrogen-bond acceptors (Lipinski definition) is 4. The van der Waals surface area contributed by atoms with Crippen LogP contribution in [-0.2, 0) is 4.74 Å². The molecule has 0 radical (unpaired) electrons. The number of cyclic esters (lactones) is 1. The highest BCUT2D eigenvalue weighted by atomic mass is 16.6. The number of amides is 1. The van der Waals surface area contributed by atoms with Gasteiger partial charge >= 0.3 is 6.09 Å². The van der Waals surface area contributed by atoms with Crippen LogP contribution in [0.15, 0.2) is 24.3 Å². The van der Waals surface area contributed by atoms with Gasteiger partial charge in [0.25, 0.3) is 0 Å². The Labute approximate surface area is 113 Å². The number of rotatable bonds is 3. The fourth-order valence-corrected chi connectivity index (χ4v) is 2.07. The van der Waals surface area contributed by atoms with Crippen molar-refractivity contribution in [3.63, 3.8) is 0 Å². The fourth-order valence-electron chi connectivity index (χ4n) is 2.07. The summed E-state index contributed by atoms with van der Waals surface area (Å²) in [7, 11) is 0. The summed E-state index contributed by atoms with van der Waals surface area (Å²) >= 11 is 0. The van der Waals surface area contributed by atoms with E-state index in [-0.39, 0.29) is 0 Å². The van der Waals surface area contributed by atoms with Crippen molar-refractivity contribution in [3.8, 4) is 0 Å². The van der Waals surface area contributed by atoms with Gasteiger partial charge in [-0.2, -0.15) is 5.01 Å². The standard InChI is InChI=1S/C14H20N2O3/c1-5-13(3)14(4,18)16(12(17)19-13)15-11-8-6-10(2)7-9-11/h6-9,15,18H,5H2,1-4H3. The summed E-state index contributed by atoms with van der Waals surface area (Å²) in [4.78, 5) is 11.9. The zero-order chi connectivity index (χ0) is 14.3. The van der Waals surface area contributed by atoms with Crippen LogP contribution >= 0.6 is 0 Å². The number of nitrogens with one attached hydrogen (secondary N) is 1. The van der Waals surface area contributed by atoms with Crippen LogP contribution < -0.4 is 5.43 Å². The third-order valence-electron chi connectivity index (χ3n) is 3.90. The van der Waals surface area contributed by atoms with Gasteiger partial charge in [-0.25, -0.2) is 4.79 Å². The summed E-state index contributed by atoms with van der Waals surface area (Å²) in [5.74, 6) is 0. The molecule has 0 aromatic heterocycles. The number of hydrazine groups is 1. The first kappa shape index (κ1) is 13.7. The number of carbonyl (C=O) groups excluding carboxylic acids is 1. The summed E-state index contributed by atoms with van der Waals surface area (Å²) < 4.78 is 5.30. The number of aliphatic hydroxyl groups is 1. The van der Waals surface area contributed by atoms with Crippen molar-refractivity contribution in [3.05, 3.63) is 29.8 Å². The minimum Gasteiger partial charge on any atom is -0.437 e. The van der Waals surface area contributed by atoms with E-state index >= 15 is 0 Å². The molecule has 1 fully saturated rings. The molecule has 1 aliphatic rings. The van der Waals surface area contributed by atoms with E-state index in [4.69, 9.17) is 4.74 Å². The summed E-state index contributed by atoms with van der Waals surface area (Å²) in [5, 5.41) is 11.7. The van der Waals surface area contributed by atoms with E-state index in [2.05, 4.69) is 5.43 Å². The molecule has 1 heterocycles. The maximum absolute atomic E-state index is 11.9. The Kier molecular flexibility index (Phi) is 3.18. The third kappa shape index (κ3) is 2.14. The maximum Gasteiger partial charge on any atom is 0.432 e. The molecule has 2 rings (SSSR count). The second kappa shape index (κ2) is 4.42. The molecular formula is C14H20N2O3. The number of ether oxygens (including phenoxy) is 1. The van der Waals surface area contributed by atoms with E-state index < -0.39 is 17.4 Å². The second-order valence-corrected chi connectivity index (χ2v) is 5.29. The zero-order valence-electron chi connectivity index (χ0n) is 11.7. The first-order chi connectivity index (χ1) is 8.80. The van der Waals surface area contributed by atoms with Crippen LogP contribution in [0, 0.1) is 6.92 Å². The Bertz CT molecular complexity index is 484. The first-order valence-corrected chi connectivity index (χ1v) is 6.39. The van der Waals surface area contributed by atoms with Gasteiger partial charge in [0.1, 0.15) is 0 Å². The highest BCUT2D eigenvalue weighted by Crippen LogP contribution is 2.39. The van der Waals surface area contributed by atoms with Gasteiger partial charge < -0.3 is 9.84 Å². The minimum absolute atomic E-state index is 0.526. The third-order valence-corrected chi connectivity index (χ3v) is 3.90. The highest BCUT2D eigenvalue weighted by Gasteiger charge is 2.59. The van der Waals surface area contributed by atoms with Crippen molar-refractivity contribution < 1.29 is 14.6 Å². The number of carbonyl (C=O) groups is 1. The van der Waals surface area contributed by atoms with Gasteiger partial charge in [0.15, 0.2) is 11.3 Å². The Morgan fingerprint density at radius 1 is 1.32 bits per heavy atom. The van der Waals surface area contributed by atoms with E-state index in [0.717, 1.165) is 16.3 Å². The van der Waals surface area contributed by atoms with Crippen LogP contribution in [0.1, 0.15) is 32.8 Å². The summed E-state index contributed by atoms with van der Waals surface area (Å²) in [6.07, 6.45) is -0.0485. The smallest absolute Gasteiger partial charge is 0.432 e. The summed E-state index contributed by atoms with van der Waals surface area (Å²) in [6, 6.07) is 7.55. The van der Waals surface area contributed by atoms with Gasteiger partial charge in [-0.3, -0.25) is 5.43 Å². The van der Waals surface area contributed by atoms with Crippen LogP contribution in [0.5, 0.6) is 0 Å². The van der Waals surface area contributed by atoms with E-state index in [1.165, 1.54) is 0 Å². The van der Waals surface area contributed by atoms with Gasteiger partial charge in [-0.05, 0) is 39.3 Å². The van der Waals surface area contributed by atoms with E-state index in [1.54, 1.807) is 13.8 Å². The molecule has 1 aromatic carbocycles. The maximum atomic E-state index is 11.9. The van der Waals surface area contributed by atoms with Gasteiger partial charge in [-0.1, -0.05) is 24.6 Å².